The van der Waals surface area contributed by atoms with Gasteiger partial charge in [0.05, 0.1) is 55.1 Å². The van der Waals surface area contributed by atoms with E-state index in [1.165, 1.54) is 7.11 Å². The molecule has 1 aromatic heterocycles. The van der Waals surface area contributed by atoms with Crippen molar-refractivity contribution in [2.75, 3.05) is 27.8 Å². The fourth-order valence-electron chi connectivity index (χ4n) is 9.15. The molecule has 16 nitrogen and oxygen atoms in total. The summed E-state index contributed by atoms with van der Waals surface area (Å²) in [5.41, 5.74) is 0.229. The molecule has 0 radical (unpaired) electrons. The summed E-state index contributed by atoms with van der Waals surface area (Å²) >= 11 is 0. The van der Waals surface area contributed by atoms with Gasteiger partial charge in [0.1, 0.15) is 36.3 Å². The lowest BCUT2D eigenvalue weighted by Gasteiger charge is -2.50. The van der Waals surface area contributed by atoms with Crippen LogP contribution in [0.5, 0.6) is 0 Å². The molecule has 0 saturated carbocycles. The van der Waals surface area contributed by atoms with Gasteiger partial charge in [0, 0.05) is 44.4 Å². The number of pyridine rings is 1. The van der Waals surface area contributed by atoms with Gasteiger partial charge in [-0.15, -0.1) is 0 Å². The molecule has 16 atom stereocenters. The van der Waals surface area contributed by atoms with Crippen LogP contribution in [0.15, 0.2) is 66.9 Å². The molecule has 0 amide bonds. The number of aliphatic hydroxyl groups is 3. The van der Waals surface area contributed by atoms with E-state index in [-0.39, 0.29) is 44.6 Å². The highest BCUT2D eigenvalue weighted by atomic mass is 16.7. The number of carbonyl (C=O) groups excluding carboxylic acids is 3. The first-order chi connectivity index (χ1) is 31.5. The van der Waals surface area contributed by atoms with Gasteiger partial charge in [0.15, 0.2) is 18.7 Å². The van der Waals surface area contributed by atoms with Crippen molar-refractivity contribution in [1.29, 1.82) is 0 Å². The van der Waals surface area contributed by atoms with E-state index < -0.39 is 103 Å². The lowest BCUT2D eigenvalue weighted by molar-refractivity contribution is -0.344. The quantitative estimate of drug-likeness (QED) is 0.167. The number of carbonyl (C=O) groups is 3. The van der Waals surface area contributed by atoms with Crippen LogP contribution in [-0.4, -0.2) is 157 Å². The lowest BCUT2D eigenvalue weighted by atomic mass is 9.82. The second-order valence-corrected chi connectivity index (χ2v) is 18.3. The topological polar surface area (TPSA) is 202 Å². The number of para-hydroxylation sites is 1. The second kappa shape index (κ2) is 24.9. The number of ether oxygens (including phenoxy) is 8. The fraction of sp³-hybridized carbons (Fsp3) is 0.640. The molecule has 366 valence electrons. The molecule has 16 heteroatoms. The number of esters is 2. The van der Waals surface area contributed by atoms with Crippen molar-refractivity contribution in [2.45, 2.75) is 165 Å². The molecule has 3 N–H and O–H groups in total. The van der Waals surface area contributed by atoms with Crippen molar-refractivity contribution in [3.8, 4) is 0 Å². The van der Waals surface area contributed by atoms with E-state index in [4.69, 9.17) is 37.9 Å². The average molecular weight is 925 g/mol. The lowest BCUT2D eigenvalue weighted by Crippen LogP contribution is -2.66. The monoisotopic (exact) mass is 924 g/mol. The van der Waals surface area contributed by atoms with Crippen LogP contribution < -0.4 is 0 Å². The predicted octanol–water partition coefficient (Wildman–Crippen LogP) is 5.09. The summed E-state index contributed by atoms with van der Waals surface area (Å²) in [5.74, 6) is -2.01. The Kier molecular flexibility index (Phi) is 20.0. The first-order valence-corrected chi connectivity index (χ1v) is 23.1. The maximum Gasteiger partial charge on any atom is 0.308 e. The smallest absolute Gasteiger partial charge is 0.308 e. The van der Waals surface area contributed by atoms with Gasteiger partial charge in [-0.3, -0.25) is 14.6 Å². The van der Waals surface area contributed by atoms with Gasteiger partial charge in [-0.2, -0.15) is 0 Å². The second-order valence-electron chi connectivity index (χ2n) is 18.3. The highest BCUT2D eigenvalue weighted by Crippen LogP contribution is 2.38. The van der Waals surface area contributed by atoms with Crippen molar-refractivity contribution >= 4 is 35.2 Å². The van der Waals surface area contributed by atoms with Crippen LogP contribution in [0.25, 0.3) is 17.0 Å². The van der Waals surface area contributed by atoms with Crippen LogP contribution in [0.2, 0.25) is 0 Å². The van der Waals surface area contributed by atoms with Crippen molar-refractivity contribution in [3.63, 3.8) is 0 Å². The number of aliphatic hydroxyl groups excluding tert-OH is 2. The normalized spacial score (nSPS) is 37.3. The van der Waals surface area contributed by atoms with Gasteiger partial charge in [0.2, 0.25) is 0 Å². The van der Waals surface area contributed by atoms with E-state index in [9.17, 15) is 29.7 Å². The van der Waals surface area contributed by atoms with E-state index in [1.807, 2.05) is 55.5 Å². The van der Waals surface area contributed by atoms with Crippen LogP contribution in [0, 0.1) is 11.8 Å². The minimum absolute atomic E-state index is 0.0266. The maximum atomic E-state index is 13.7. The zero-order valence-corrected chi connectivity index (χ0v) is 39.8. The third kappa shape index (κ3) is 14.3. The number of hydrogen-bond donors (Lipinski definition) is 3. The number of nitrogens with zero attached hydrogens (tertiary/aromatic N) is 2. The van der Waals surface area contributed by atoms with Crippen LogP contribution >= 0.6 is 0 Å². The summed E-state index contributed by atoms with van der Waals surface area (Å²) in [6, 6.07) is 9.05. The molecule has 66 heavy (non-hydrogen) atoms. The van der Waals surface area contributed by atoms with Gasteiger partial charge in [-0.1, -0.05) is 68.5 Å². The van der Waals surface area contributed by atoms with E-state index in [2.05, 4.69) is 4.98 Å². The number of cyclic esters (lactones) is 1. The van der Waals surface area contributed by atoms with E-state index in [1.54, 1.807) is 78.0 Å². The maximum absolute atomic E-state index is 13.7. The zero-order valence-electron chi connectivity index (χ0n) is 39.8. The van der Waals surface area contributed by atoms with Crippen LogP contribution in [0.4, 0.5) is 0 Å². The van der Waals surface area contributed by atoms with Crippen LogP contribution in [0.1, 0.15) is 85.6 Å². The summed E-state index contributed by atoms with van der Waals surface area (Å²) in [6.07, 6.45) is 2.54. The highest BCUT2D eigenvalue weighted by molar-refractivity contribution is 5.80. The van der Waals surface area contributed by atoms with Gasteiger partial charge in [-0.25, -0.2) is 0 Å². The third-order valence-corrected chi connectivity index (χ3v) is 12.6. The molecule has 1 aromatic carbocycles. The molecule has 5 rings (SSSR count). The van der Waals surface area contributed by atoms with E-state index in [0.717, 1.165) is 22.8 Å². The van der Waals surface area contributed by atoms with Crippen LogP contribution in [0.3, 0.4) is 0 Å². The molecular formula is C50H72N2O14. The molecule has 2 fully saturated rings. The Bertz CT molecular complexity index is 1960. The minimum atomic E-state index is -1.49. The number of hydrogen-bond acceptors (Lipinski definition) is 16. The largest absolute Gasteiger partial charge is 0.462 e. The Morgan fingerprint density at radius 3 is 2.48 bits per heavy atom. The summed E-state index contributed by atoms with van der Waals surface area (Å²) in [4.78, 5) is 44.8. The van der Waals surface area contributed by atoms with Crippen molar-refractivity contribution in [3.05, 3.63) is 72.5 Å². The average Bonchev–Trinajstić information content (AvgIpc) is 3.26. The first-order valence-electron chi connectivity index (χ1n) is 23.1. The molecule has 2 saturated heterocycles. The molecule has 3 aliphatic heterocycles. The summed E-state index contributed by atoms with van der Waals surface area (Å²) in [6.45, 7) is 10.4. The standard InChI is InChI=1S/C50H72N2O14/c1-10-40(55)64-48-33(5)62-42(28-50(48,6)58)65-45-32(4)63-49(44(57)43(45)52(7)8)66-46-36(22-23-53)25-30(2)38(54)21-13-11-12-17-31(3)61-41(56)27-39(47(46)59-9)60-24-16-18-34-26-35-19-14-15-20-37(35)51-29-34/h11-16,18-21,23,26,29-33,36,38-39,42-49,54,57-58H,10,17,22,24-25,27-28H2,1-9H3/b12-11+,18-16+,21-13+/t30-,31-,32-,33+,36+,38+,39-,42+,43-,44-,45-,46+,47+,48+,49+,50-/m1/s1. The summed E-state index contributed by atoms with van der Waals surface area (Å²) in [7, 11) is 5.03. The Balaban J connectivity index is 1.46. The third-order valence-electron chi connectivity index (χ3n) is 12.6. The number of likely N-dealkylation sites (N-methyl/N-ethyl adjacent to an activating group) is 1. The number of aldehydes is 1. The Morgan fingerprint density at radius 1 is 1.03 bits per heavy atom. The molecule has 3 aliphatic rings. The Labute approximate surface area is 389 Å². The predicted molar refractivity (Wildman–Crippen MR) is 246 cm³/mol. The number of rotatable bonds is 14. The summed E-state index contributed by atoms with van der Waals surface area (Å²) in [5, 5.41) is 35.9. The van der Waals surface area contributed by atoms with Gasteiger partial charge >= 0.3 is 11.9 Å². The molecular weight excluding hydrogens is 853 g/mol. The SMILES string of the molecule is CCC(=O)O[C@H]1[C@H](C)O[C@@H](O[C@H]2[C@H](N(C)C)[C@@H](O)[C@H](O[C@H]3[C@@H](CC=O)C[C@@H](C)[C@@H](O)/C=C/C=C/C[C@@H](C)OC(=O)C[C@@H](OC/C=C/c4cnc5ccccc5c4)[C@@H]3OC)O[C@@H]2C)C[C@@]1(C)O. The van der Waals surface area contributed by atoms with Gasteiger partial charge < -0.3 is 62.9 Å². The number of allylic oxidation sites excluding steroid dienone is 2. The summed E-state index contributed by atoms with van der Waals surface area (Å²) < 4.78 is 50.1. The number of benzene rings is 1. The first kappa shape index (κ1) is 53.0. The minimum Gasteiger partial charge on any atom is -0.462 e. The molecule has 0 aliphatic carbocycles. The van der Waals surface area contributed by atoms with Crippen molar-refractivity contribution in [2.24, 2.45) is 11.8 Å². The number of methoxy groups -OCH3 is 1. The Hall–Kier alpha value is -3.94. The van der Waals surface area contributed by atoms with Crippen molar-refractivity contribution < 1.29 is 67.6 Å². The molecule has 2 aromatic rings. The molecule has 0 bridgehead atoms. The van der Waals surface area contributed by atoms with Gasteiger partial charge in [-0.05, 0) is 77.7 Å². The number of fused-ring (bicyclic) bond motifs is 1. The molecule has 4 heterocycles. The van der Waals surface area contributed by atoms with Crippen molar-refractivity contribution in [1.82, 2.24) is 9.88 Å². The Morgan fingerprint density at radius 2 is 1.79 bits per heavy atom. The fourth-order valence-corrected chi connectivity index (χ4v) is 9.15. The van der Waals surface area contributed by atoms with E-state index >= 15 is 0 Å². The molecule has 0 spiro atoms. The highest BCUT2D eigenvalue weighted by Gasteiger charge is 2.53. The van der Waals surface area contributed by atoms with E-state index in [0.29, 0.717) is 6.42 Å². The van der Waals surface area contributed by atoms with Gasteiger partial charge in [0.25, 0.3) is 0 Å². The number of aromatic nitrogens is 1. The van der Waals surface area contributed by atoms with Crippen LogP contribution in [-0.2, 0) is 52.3 Å². The molecule has 0 unspecified atom stereocenters. The zero-order chi connectivity index (χ0) is 48.1.